The molecule has 1 heterocycles. The van der Waals surface area contributed by atoms with Crippen molar-refractivity contribution in [3.8, 4) is 0 Å². The van der Waals surface area contributed by atoms with Gasteiger partial charge in [-0.15, -0.1) is 6.58 Å². The van der Waals surface area contributed by atoms with Crippen LogP contribution in [0.25, 0.3) is 5.70 Å². The molecule has 1 N–H and O–H groups in total. The van der Waals surface area contributed by atoms with Crippen LogP contribution in [-0.4, -0.2) is 29.6 Å². The zero-order valence-electron chi connectivity index (χ0n) is 24.1. The van der Waals surface area contributed by atoms with Crippen molar-refractivity contribution in [3.63, 3.8) is 0 Å². The Bertz CT molecular complexity index is 1290. The normalized spacial score (nSPS) is 14.7. The molecule has 0 aromatic heterocycles. The fraction of sp³-hybridized carbons (Fsp3) is 0.333. The summed E-state index contributed by atoms with van der Waals surface area (Å²) in [6.45, 7) is 18.3. The van der Waals surface area contributed by atoms with E-state index in [9.17, 15) is 22.0 Å². The van der Waals surface area contributed by atoms with Crippen LogP contribution < -0.4 is 5.32 Å². The van der Waals surface area contributed by atoms with Gasteiger partial charge in [0.2, 0.25) is 0 Å². The molecule has 2 aromatic carbocycles. The molecular weight excluding hydrogens is 519 g/mol. The van der Waals surface area contributed by atoms with Gasteiger partial charge in [0.25, 0.3) is 5.92 Å². The van der Waals surface area contributed by atoms with E-state index >= 15 is 0 Å². The number of nitrogens with one attached hydrogen (secondary N) is 1. The highest BCUT2D eigenvalue weighted by atomic mass is 19.3. The van der Waals surface area contributed by atoms with Crippen molar-refractivity contribution >= 4 is 5.70 Å². The van der Waals surface area contributed by atoms with Crippen LogP contribution in [0.3, 0.4) is 0 Å². The smallest absolute Gasteiger partial charge is 0.270 e. The Hall–Kier alpha value is -3.61. The first-order chi connectivity index (χ1) is 18.5. The summed E-state index contributed by atoms with van der Waals surface area (Å²) in [5.74, 6) is -4.59. The third kappa shape index (κ3) is 8.20. The van der Waals surface area contributed by atoms with Crippen molar-refractivity contribution in [2.24, 2.45) is 0 Å². The number of alkyl halides is 3. The van der Waals surface area contributed by atoms with E-state index < -0.39 is 23.2 Å². The predicted molar refractivity (Wildman–Crippen MR) is 156 cm³/mol. The maximum absolute atomic E-state index is 14.8. The summed E-state index contributed by atoms with van der Waals surface area (Å²) in [5.41, 5.74) is 0.340. The van der Waals surface area contributed by atoms with Gasteiger partial charge in [0.05, 0.1) is 11.3 Å². The van der Waals surface area contributed by atoms with Crippen LogP contribution in [0, 0.1) is 11.6 Å². The standard InChI is InChI=1S/C30H33F5N2.C3H6/c1-18(36-19(2)28-25(31)12-9-13-26(28)32)14-21-10-8-11-22(15-21)16-23-20(3)37(7)27(29(4,5)33)17-24(23)30(6,34)35;1-3-2/h8-13,15,17-18,36H,2-3,14,16H2,1,4-7H3;3H,1H2,2H3. The number of rotatable bonds is 9. The number of benzene rings is 2. The minimum Gasteiger partial charge on any atom is -0.382 e. The van der Waals surface area contributed by atoms with Crippen LogP contribution in [0.1, 0.15) is 51.3 Å². The molecule has 7 heteroatoms. The van der Waals surface area contributed by atoms with Gasteiger partial charge in [-0.3, -0.25) is 0 Å². The average Bonchev–Trinajstić information content (AvgIpc) is 2.81. The Kier molecular flexibility index (Phi) is 10.7. The van der Waals surface area contributed by atoms with Gasteiger partial charge >= 0.3 is 0 Å². The zero-order chi connectivity index (χ0) is 30.4. The Morgan fingerprint density at radius 1 is 1.02 bits per heavy atom. The lowest BCUT2D eigenvalue weighted by Gasteiger charge is -2.37. The molecule has 1 atom stereocenters. The summed E-state index contributed by atoms with van der Waals surface area (Å²) in [5, 5.41) is 3.04. The molecule has 0 saturated carbocycles. The van der Waals surface area contributed by atoms with Crippen LogP contribution in [0.15, 0.2) is 96.9 Å². The SMILES string of the molecule is C=C(NC(C)Cc1cccc(CC2=C(C(C)(F)F)C=C(C(C)(C)F)N(C)C2=C)c1)c1c(F)cccc1F.C=CC. The molecule has 0 spiro atoms. The average molecular weight is 559 g/mol. The summed E-state index contributed by atoms with van der Waals surface area (Å²) in [7, 11) is 1.62. The van der Waals surface area contributed by atoms with Crippen molar-refractivity contribution in [1.29, 1.82) is 0 Å². The number of allylic oxidation sites excluding steroid dienone is 5. The van der Waals surface area contributed by atoms with Crippen molar-refractivity contribution in [3.05, 3.63) is 125 Å². The second-order valence-corrected chi connectivity index (χ2v) is 10.5. The van der Waals surface area contributed by atoms with Crippen LogP contribution in [-0.2, 0) is 12.8 Å². The molecule has 0 saturated heterocycles. The molecule has 3 rings (SSSR count). The van der Waals surface area contributed by atoms with Gasteiger partial charge in [0, 0.05) is 37.0 Å². The third-order valence-corrected chi connectivity index (χ3v) is 6.40. The van der Waals surface area contributed by atoms with E-state index in [1.165, 1.54) is 43.0 Å². The van der Waals surface area contributed by atoms with Gasteiger partial charge in [0.1, 0.15) is 17.3 Å². The lowest BCUT2D eigenvalue weighted by molar-refractivity contribution is 0.0646. The highest BCUT2D eigenvalue weighted by molar-refractivity contribution is 5.63. The van der Waals surface area contributed by atoms with Gasteiger partial charge in [-0.25, -0.2) is 22.0 Å². The van der Waals surface area contributed by atoms with E-state index in [1.54, 1.807) is 13.1 Å². The molecular formula is C33H39F5N2. The van der Waals surface area contributed by atoms with Gasteiger partial charge in [0.15, 0.2) is 0 Å². The summed E-state index contributed by atoms with van der Waals surface area (Å²) in [6.07, 6.45) is 3.66. The van der Waals surface area contributed by atoms with Gasteiger partial charge in [-0.2, -0.15) is 0 Å². The Labute approximate surface area is 235 Å². The number of likely N-dealkylation sites (N-methyl/N-ethyl adjacent to an activating group) is 1. The molecule has 0 fully saturated rings. The fourth-order valence-electron chi connectivity index (χ4n) is 4.61. The van der Waals surface area contributed by atoms with Crippen molar-refractivity contribution in [1.82, 2.24) is 10.2 Å². The number of hydrogen-bond donors (Lipinski definition) is 1. The lowest BCUT2D eigenvalue weighted by Crippen LogP contribution is -2.35. The number of nitrogens with zero attached hydrogens (tertiary/aromatic N) is 1. The third-order valence-electron chi connectivity index (χ3n) is 6.40. The van der Waals surface area contributed by atoms with Gasteiger partial charge in [-0.1, -0.05) is 49.6 Å². The van der Waals surface area contributed by atoms with E-state index in [0.717, 1.165) is 18.1 Å². The highest BCUT2D eigenvalue weighted by Crippen LogP contribution is 2.41. The second kappa shape index (κ2) is 13.2. The first-order valence-electron chi connectivity index (χ1n) is 13.0. The molecule has 2 aromatic rings. The van der Waals surface area contributed by atoms with Gasteiger partial charge < -0.3 is 10.2 Å². The molecule has 40 heavy (non-hydrogen) atoms. The van der Waals surface area contributed by atoms with Crippen molar-refractivity contribution in [2.75, 3.05) is 7.05 Å². The maximum atomic E-state index is 14.8. The Balaban J connectivity index is 0.00000178. The minimum absolute atomic E-state index is 0.123. The van der Waals surface area contributed by atoms with E-state index in [1.807, 2.05) is 38.1 Å². The lowest BCUT2D eigenvalue weighted by atomic mass is 9.87. The van der Waals surface area contributed by atoms with E-state index in [0.29, 0.717) is 17.7 Å². The van der Waals surface area contributed by atoms with Crippen LogP contribution in [0.5, 0.6) is 0 Å². The first kappa shape index (κ1) is 32.6. The van der Waals surface area contributed by atoms with E-state index in [4.69, 9.17) is 0 Å². The Morgan fingerprint density at radius 3 is 2.08 bits per heavy atom. The Morgan fingerprint density at radius 2 is 1.55 bits per heavy atom. The van der Waals surface area contributed by atoms with Crippen molar-refractivity contribution < 1.29 is 22.0 Å². The fourth-order valence-corrected chi connectivity index (χ4v) is 4.61. The summed E-state index contributed by atoms with van der Waals surface area (Å²) >= 11 is 0. The minimum atomic E-state index is -3.19. The second-order valence-electron chi connectivity index (χ2n) is 10.5. The summed E-state index contributed by atoms with van der Waals surface area (Å²) < 4.78 is 72.2. The first-order valence-corrected chi connectivity index (χ1v) is 13.0. The molecule has 0 radical (unpaired) electrons. The molecule has 1 unspecified atom stereocenters. The largest absolute Gasteiger partial charge is 0.382 e. The number of hydrogen-bond acceptors (Lipinski definition) is 2. The van der Waals surface area contributed by atoms with E-state index in [2.05, 4.69) is 25.1 Å². The topological polar surface area (TPSA) is 15.3 Å². The van der Waals surface area contributed by atoms with Crippen LogP contribution >= 0.6 is 0 Å². The maximum Gasteiger partial charge on any atom is 0.270 e. The monoisotopic (exact) mass is 558 g/mol. The van der Waals surface area contributed by atoms with Crippen LogP contribution in [0.4, 0.5) is 22.0 Å². The molecule has 1 aliphatic rings. The number of halogens is 5. The molecule has 0 aliphatic carbocycles. The zero-order valence-corrected chi connectivity index (χ0v) is 24.1. The molecule has 2 nitrogen and oxygen atoms in total. The quantitative estimate of drug-likeness (QED) is 0.244. The van der Waals surface area contributed by atoms with E-state index in [-0.39, 0.29) is 35.0 Å². The summed E-state index contributed by atoms with van der Waals surface area (Å²) in [6, 6.07) is 10.9. The highest BCUT2D eigenvalue weighted by Gasteiger charge is 2.38. The van der Waals surface area contributed by atoms with Gasteiger partial charge in [-0.05, 0) is 75.4 Å². The van der Waals surface area contributed by atoms with Crippen LogP contribution in [0.2, 0.25) is 0 Å². The molecule has 1 aliphatic heterocycles. The predicted octanol–water partition coefficient (Wildman–Crippen LogP) is 8.93. The molecule has 0 amide bonds. The molecule has 0 bridgehead atoms. The molecule has 216 valence electrons. The van der Waals surface area contributed by atoms with Crippen molar-refractivity contribution in [2.45, 2.75) is 65.1 Å². The summed E-state index contributed by atoms with van der Waals surface area (Å²) in [4.78, 5) is 1.52.